The highest BCUT2D eigenvalue weighted by atomic mass is 35.5. The molecular formula is C30H27BClO2S. The second kappa shape index (κ2) is 9.11. The van der Waals surface area contributed by atoms with Crippen molar-refractivity contribution in [2.75, 3.05) is 0 Å². The first-order chi connectivity index (χ1) is 16.6. The molecule has 0 bridgehead atoms. The summed E-state index contributed by atoms with van der Waals surface area (Å²) in [5.41, 5.74) is 3.97. The van der Waals surface area contributed by atoms with E-state index >= 15 is 0 Å². The zero-order chi connectivity index (χ0) is 24.8. The fourth-order valence-electron chi connectivity index (χ4n) is 3.98. The fraction of sp³-hybridized carbons (Fsp3) is 0.200. The summed E-state index contributed by atoms with van der Waals surface area (Å²) < 4.78 is 8.56. The lowest BCUT2D eigenvalue weighted by Crippen LogP contribution is -2.49. The molecule has 0 aliphatic rings. The Kier molecular flexibility index (Phi) is 6.27. The van der Waals surface area contributed by atoms with Crippen LogP contribution in [-0.4, -0.2) is 23.8 Å². The number of halogens is 1. The molecule has 1 heterocycles. The van der Waals surface area contributed by atoms with E-state index < -0.39 is 11.2 Å². The average Bonchev–Trinajstić information content (AvgIpc) is 3.21. The van der Waals surface area contributed by atoms with Crippen LogP contribution in [0.25, 0.3) is 42.4 Å². The zero-order valence-electron chi connectivity index (χ0n) is 20.3. The van der Waals surface area contributed by atoms with Crippen LogP contribution in [0.1, 0.15) is 27.7 Å². The van der Waals surface area contributed by atoms with Gasteiger partial charge in [0.2, 0.25) is 0 Å². The van der Waals surface area contributed by atoms with Crippen LogP contribution in [0.3, 0.4) is 0 Å². The highest BCUT2D eigenvalue weighted by molar-refractivity contribution is 7.26. The molecule has 35 heavy (non-hydrogen) atoms. The minimum atomic E-state index is -0.973. The predicted molar refractivity (Wildman–Crippen MR) is 152 cm³/mol. The topological polar surface area (TPSA) is 29.5 Å². The third kappa shape index (κ3) is 4.77. The molecule has 0 saturated carbocycles. The summed E-state index contributed by atoms with van der Waals surface area (Å²) in [5, 5.41) is 13.6. The maximum absolute atomic E-state index is 10.5. The van der Waals surface area contributed by atoms with Gasteiger partial charge in [0.15, 0.2) is 0 Å². The van der Waals surface area contributed by atoms with Gasteiger partial charge in [-0.25, -0.2) is 0 Å². The van der Waals surface area contributed by atoms with Crippen LogP contribution in [0, 0.1) is 0 Å². The van der Waals surface area contributed by atoms with Crippen LogP contribution < -0.4 is 5.46 Å². The van der Waals surface area contributed by atoms with Gasteiger partial charge in [0.25, 0.3) is 0 Å². The van der Waals surface area contributed by atoms with Crippen LogP contribution in [0.15, 0.2) is 84.9 Å². The lowest BCUT2D eigenvalue weighted by Gasteiger charge is -2.37. The molecule has 0 amide bonds. The summed E-state index contributed by atoms with van der Waals surface area (Å²) in [6, 6.07) is 29.5. The van der Waals surface area contributed by atoms with Gasteiger partial charge < -0.3 is 9.76 Å². The van der Waals surface area contributed by atoms with Crippen LogP contribution in [-0.2, 0) is 4.65 Å². The summed E-state index contributed by atoms with van der Waals surface area (Å²) in [7, 11) is 1.79. The predicted octanol–water partition coefficient (Wildman–Crippen LogP) is 7.85. The summed E-state index contributed by atoms with van der Waals surface area (Å²) in [6.07, 6.45) is 0. The van der Waals surface area contributed by atoms with Crippen LogP contribution in [0.2, 0.25) is 5.02 Å². The summed E-state index contributed by atoms with van der Waals surface area (Å²) in [5.74, 6) is 0. The molecule has 5 heteroatoms. The third-order valence-electron chi connectivity index (χ3n) is 6.88. The molecule has 0 unspecified atom stereocenters. The Bertz CT molecular complexity index is 1500. The van der Waals surface area contributed by atoms with Crippen molar-refractivity contribution in [1.29, 1.82) is 0 Å². The van der Waals surface area contributed by atoms with Crippen molar-refractivity contribution >= 4 is 56.1 Å². The van der Waals surface area contributed by atoms with Crippen LogP contribution in [0.4, 0.5) is 0 Å². The standard InChI is InChI=1S/C30H27BClO2S/c1-29(2,33)30(3,4)34-31-25-6-5-7-27-28(25)24-18-22(14-17-26(24)35-27)21-10-8-19(9-11-21)20-12-15-23(32)16-13-20/h5-18,33H,1-4H3. The smallest absolute Gasteiger partial charge is 0.331 e. The normalized spacial score (nSPS) is 12.4. The Morgan fingerprint density at radius 1 is 0.743 bits per heavy atom. The number of hydrogen-bond donors (Lipinski definition) is 1. The van der Waals surface area contributed by atoms with E-state index in [4.69, 9.17) is 16.3 Å². The van der Waals surface area contributed by atoms with Crippen molar-refractivity contribution < 1.29 is 9.76 Å². The molecule has 0 saturated heterocycles. The van der Waals surface area contributed by atoms with Gasteiger partial charge >= 0.3 is 7.48 Å². The monoisotopic (exact) mass is 497 g/mol. The van der Waals surface area contributed by atoms with Crippen molar-refractivity contribution in [1.82, 2.24) is 0 Å². The van der Waals surface area contributed by atoms with Crippen molar-refractivity contribution in [2.24, 2.45) is 0 Å². The lowest BCUT2D eigenvalue weighted by atomic mass is 9.80. The molecular weight excluding hydrogens is 471 g/mol. The number of rotatable bonds is 6. The Labute approximate surface area is 216 Å². The Morgan fingerprint density at radius 3 is 1.94 bits per heavy atom. The molecule has 5 rings (SSSR count). The van der Waals surface area contributed by atoms with Gasteiger partial charge in [-0.05, 0) is 91.1 Å². The van der Waals surface area contributed by atoms with E-state index in [1.807, 2.05) is 38.1 Å². The molecule has 0 aliphatic carbocycles. The number of fused-ring (bicyclic) bond motifs is 3. The number of thiophene rings is 1. The molecule has 1 N–H and O–H groups in total. The molecule has 175 valence electrons. The van der Waals surface area contributed by atoms with E-state index in [0.29, 0.717) is 0 Å². The highest BCUT2D eigenvalue weighted by Crippen LogP contribution is 2.36. The van der Waals surface area contributed by atoms with Crippen LogP contribution in [0.5, 0.6) is 0 Å². The zero-order valence-corrected chi connectivity index (χ0v) is 21.9. The van der Waals surface area contributed by atoms with E-state index in [1.165, 1.54) is 31.3 Å². The molecule has 1 aromatic heterocycles. The maximum atomic E-state index is 10.5. The second-order valence-corrected chi connectivity index (χ2v) is 11.4. The van der Waals surface area contributed by atoms with E-state index in [-0.39, 0.29) is 0 Å². The summed E-state index contributed by atoms with van der Waals surface area (Å²) in [6.45, 7) is 7.35. The van der Waals surface area contributed by atoms with Crippen molar-refractivity contribution in [2.45, 2.75) is 38.9 Å². The minimum Gasteiger partial charge on any atom is -0.427 e. The van der Waals surface area contributed by atoms with Gasteiger partial charge in [0, 0.05) is 19.8 Å². The quantitative estimate of drug-likeness (QED) is 0.242. The van der Waals surface area contributed by atoms with E-state index in [9.17, 15) is 5.11 Å². The average molecular weight is 498 g/mol. The molecule has 0 fully saturated rings. The van der Waals surface area contributed by atoms with Crippen molar-refractivity contribution in [3.05, 3.63) is 90.0 Å². The van der Waals surface area contributed by atoms with Gasteiger partial charge in [0.1, 0.15) is 0 Å². The van der Waals surface area contributed by atoms with Gasteiger partial charge in [-0.15, -0.1) is 11.3 Å². The number of aliphatic hydroxyl groups is 1. The van der Waals surface area contributed by atoms with Gasteiger partial charge in [-0.1, -0.05) is 66.2 Å². The molecule has 0 spiro atoms. The minimum absolute atomic E-state index is 0.724. The Balaban J connectivity index is 1.51. The van der Waals surface area contributed by atoms with E-state index in [1.54, 1.807) is 32.7 Å². The van der Waals surface area contributed by atoms with E-state index in [0.717, 1.165) is 21.6 Å². The van der Waals surface area contributed by atoms with Crippen molar-refractivity contribution in [3.63, 3.8) is 0 Å². The summed E-state index contributed by atoms with van der Waals surface area (Å²) >= 11 is 7.82. The van der Waals surface area contributed by atoms with Crippen LogP contribution >= 0.6 is 22.9 Å². The van der Waals surface area contributed by atoms with Gasteiger partial charge in [0.05, 0.1) is 11.2 Å². The fourth-order valence-corrected chi connectivity index (χ4v) is 5.23. The molecule has 0 aliphatic heterocycles. The number of benzene rings is 4. The molecule has 4 aromatic carbocycles. The Hall–Kier alpha value is -2.63. The highest BCUT2D eigenvalue weighted by Gasteiger charge is 2.35. The first kappa shape index (κ1) is 24.1. The second-order valence-electron chi connectivity index (χ2n) is 9.92. The molecule has 1 radical (unpaired) electrons. The Morgan fingerprint density at radius 2 is 1.31 bits per heavy atom. The SMILES string of the molecule is CC(C)(O)C(C)(C)O[B]c1cccc2sc3ccc(-c4ccc(-c5ccc(Cl)cc5)cc4)cc3c12. The number of hydrogen-bond acceptors (Lipinski definition) is 3. The summed E-state index contributed by atoms with van der Waals surface area (Å²) in [4.78, 5) is 0. The first-order valence-corrected chi connectivity index (χ1v) is 12.9. The molecule has 2 nitrogen and oxygen atoms in total. The lowest BCUT2D eigenvalue weighted by molar-refractivity contribution is -0.0893. The molecule has 0 atom stereocenters. The molecule has 5 aromatic rings. The largest absolute Gasteiger partial charge is 0.427 e. The first-order valence-electron chi connectivity index (χ1n) is 11.7. The third-order valence-corrected chi connectivity index (χ3v) is 8.26. The maximum Gasteiger partial charge on any atom is 0.331 e. The van der Waals surface area contributed by atoms with Gasteiger partial charge in [-0.3, -0.25) is 0 Å². The van der Waals surface area contributed by atoms with E-state index in [2.05, 4.69) is 60.7 Å². The van der Waals surface area contributed by atoms with Gasteiger partial charge in [-0.2, -0.15) is 0 Å². The van der Waals surface area contributed by atoms with Crippen molar-refractivity contribution in [3.8, 4) is 22.3 Å².